The number of hydrogen-bond donors (Lipinski definition) is 2. The molecule has 2 unspecified atom stereocenters. The van der Waals surface area contributed by atoms with E-state index in [1.807, 2.05) is 18.2 Å². The van der Waals surface area contributed by atoms with Gasteiger partial charge in [-0.2, -0.15) is 0 Å². The zero-order valence-electron chi connectivity index (χ0n) is 11.0. The van der Waals surface area contributed by atoms with E-state index in [4.69, 9.17) is 9.47 Å². The Hall–Kier alpha value is -1.42. The Morgan fingerprint density at radius 2 is 1.83 bits per heavy atom. The highest BCUT2D eigenvalue weighted by Gasteiger charge is 2.22. The van der Waals surface area contributed by atoms with Gasteiger partial charge in [0, 0.05) is 11.8 Å². The molecule has 1 aromatic carbocycles. The first-order valence-electron chi connectivity index (χ1n) is 6.41. The molecule has 4 heteroatoms. The number of rotatable bonds is 4. The summed E-state index contributed by atoms with van der Waals surface area (Å²) < 4.78 is 10.5. The summed E-state index contributed by atoms with van der Waals surface area (Å²) in [5.74, 6) is 1.42. The fourth-order valence-electron chi connectivity index (χ4n) is 2.42. The molecular weight excluding hydrogens is 230 g/mol. The van der Waals surface area contributed by atoms with Crippen molar-refractivity contribution >= 4 is 5.69 Å². The van der Waals surface area contributed by atoms with Crippen molar-refractivity contribution in [3.05, 3.63) is 18.2 Å². The molecule has 1 aliphatic rings. The molecule has 0 spiro atoms. The predicted octanol–water partition coefficient (Wildman–Crippen LogP) is 2.42. The zero-order valence-corrected chi connectivity index (χ0v) is 11.0. The van der Waals surface area contributed by atoms with Gasteiger partial charge in [-0.1, -0.05) is 12.8 Å². The maximum Gasteiger partial charge on any atom is 0.162 e. The average Bonchev–Trinajstić information content (AvgIpc) is 2.41. The van der Waals surface area contributed by atoms with Crippen LogP contribution >= 0.6 is 0 Å². The number of aliphatic hydroxyl groups is 1. The maximum absolute atomic E-state index is 9.94. The number of methoxy groups -OCH3 is 2. The van der Waals surface area contributed by atoms with E-state index in [2.05, 4.69) is 5.32 Å². The van der Waals surface area contributed by atoms with Crippen molar-refractivity contribution in [3.63, 3.8) is 0 Å². The molecule has 0 bridgehead atoms. The molecule has 1 fully saturated rings. The van der Waals surface area contributed by atoms with Crippen LogP contribution in [0.5, 0.6) is 11.5 Å². The second kappa shape index (κ2) is 5.96. The Labute approximate surface area is 108 Å². The van der Waals surface area contributed by atoms with Crippen molar-refractivity contribution in [1.29, 1.82) is 0 Å². The maximum atomic E-state index is 9.94. The summed E-state index contributed by atoms with van der Waals surface area (Å²) in [4.78, 5) is 0. The molecule has 1 aromatic rings. The fraction of sp³-hybridized carbons (Fsp3) is 0.571. The Morgan fingerprint density at radius 3 is 2.50 bits per heavy atom. The summed E-state index contributed by atoms with van der Waals surface area (Å²) in [6, 6.07) is 5.86. The molecule has 0 aliphatic heterocycles. The van der Waals surface area contributed by atoms with Crippen molar-refractivity contribution < 1.29 is 14.6 Å². The molecule has 2 rings (SSSR count). The monoisotopic (exact) mass is 251 g/mol. The van der Waals surface area contributed by atoms with Crippen molar-refractivity contribution in [2.75, 3.05) is 19.5 Å². The number of hydrogen-bond acceptors (Lipinski definition) is 4. The molecule has 2 N–H and O–H groups in total. The lowest BCUT2D eigenvalue weighted by Gasteiger charge is -2.29. The van der Waals surface area contributed by atoms with Gasteiger partial charge in [0.05, 0.1) is 26.4 Å². The molecule has 2 atom stereocenters. The Kier molecular flexibility index (Phi) is 4.31. The van der Waals surface area contributed by atoms with E-state index in [-0.39, 0.29) is 12.1 Å². The summed E-state index contributed by atoms with van der Waals surface area (Å²) in [6.07, 6.45) is 3.92. The average molecular weight is 251 g/mol. The minimum absolute atomic E-state index is 0.136. The SMILES string of the molecule is COc1ccc(NC2CCCCC2O)cc1OC. The van der Waals surface area contributed by atoms with Crippen LogP contribution in [0.25, 0.3) is 0 Å². The van der Waals surface area contributed by atoms with Gasteiger partial charge in [0.25, 0.3) is 0 Å². The van der Waals surface area contributed by atoms with Crippen LogP contribution in [0, 0.1) is 0 Å². The van der Waals surface area contributed by atoms with E-state index >= 15 is 0 Å². The van der Waals surface area contributed by atoms with Gasteiger partial charge in [0.1, 0.15) is 0 Å². The van der Waals surface area contributed by atoms with Crippen molar-refractivity contribution in [2.24, 2.45) is 0 Å². The molecule has 100 valence electrons. The quantitative estimate of drug-likeness (QED) is 0.863. The van der Waals surface area contributed by atoms with Crippen LogP contribution in [0.1, 0.15) is 25.7 Å². The molecule has 1 saturated carbocycles. The lowest BCUT2D eigenvalue weighted by molar-refractivity contribution is 0.116. The van der Waals surface area contributed by atoms with E-state index in [0.717, 1.165) is 24.9 Å². The zero-order chi connectivity index (χ0) is 13.0. The molecule has 18 heavy (non-hydrogen) atoms. The van der Waals surface area contributed by atoms with E-state index in [1.54, 1.807) is 14.2 Å². The van der Waals surface area contributed by atoms with Crippen molar-refractivity contribution in [2.45, 2.75) is 37.8 Å². The van der Waals surface area contributed by atoms with Crippen LogP contribution in [0.2, 0.25) is 0 Å². The molecule has 0 saturated heterocycles. The third-order valence-electron chi connectivity index (χ3n) is 3.47. The largest absolute Gasteiger partial charge is 0.493 e. The van der Waals surface area contributed by atoms with Crippen molar-refractivity contribution in [3.8, 4) is 11.5 Å². The Balaban J connectivity index is 2.08. The predicted molar refractivity (Wildman–Crippen MR) is 71.4 cm³/mol. The Morgan fingerprint density at radius 1 is 1.11 bits per heavy atom. The highest BCUT2D eigenvalue weighted by molar-refractivity contribution is 5.55. The van der Waals surface area contributed by atoms with E-state index in [1.165, 1.54) is 6.42 Å². The summed E-state index contributed by atoms with van der Waals surface area (Å²) >= 11 is 0. The highest BCUT2D eigenvalue weighted by Crippen LogP contribution is 2.31. The van der Waals surface area contributed by atoms with Crippen LogP contribution < -0.4 is 14.8 Å². The van der Waals surface area contributed by atoms with Crippen LogP contribution in [0.15, 0.2) is 18.2 Å². The van der Waals surface area contributed by atoms with Crippen LogP contribution in [-0.2, 0) is 0 Å². The summed E-state index contributed by atoms with van der Waals surface area (Å²) in [7, 11) is 3.24. The van der Waals surface area contributed by atoms with Gasteiger partial charge in [0.15, 0.2) is 11.5 Å². The first-order valence-corrected chi connectivity index (χ1v) is 6.41. The molecule has 4 nitrogen and oxygen atoms in total. The lowest BCUT2D eigenvalue weighted by atomic mass is 9.92. The summed E-state index contributed by atoms with van der Waals surface area (Å²) in [5.41, 5.74) is 0.957. The van der Waals surface area contributed by atoms with Crippen molar-refractivity contribution in [1.82, 2.24) is 0 Å². The van der Waals surface area contributed by atoms with Gasteiger partial charge in [-0.05, 0) is 25.0 Å². The minimum atomic E-state index is -0.258. The van der Waals surface area contributed by atoms with Crippen LogP contribution in [0.4, 0.5) is 5.69 Å². The number of nitrogens with one attached hydrogen (secondary N) is 1. The summed E-state index contributed by atoms with van der Waals surface area (Å²) in [6.45, 7) is 0. The standard InChI is InChI=1S/C14H21NO3/c1-17-13-8-7-10(9-14(13)18-2)15-11-5-3-4-6-12(11)16/h7-9,11-12,15-16H,3-6H2,1-2H3. The lowest BCUT2D eigenvalue weighted by Crippen LogP contribution is -2.36. The molecular formula is C14H21NO3. The van der Waals surface area contributed by atoms with Crippen LogP contribution in [0.3, 0.4) is 0 Å². The first kappa shape index (κ1) is 13.0. The first-order chi connectivity index (χ1) is 8.74. The topological polar surface area (TPSA) is 50.7 Å². The smallest absolute Gasteiger partial charge is 0.162 e. The molecule has 1 aliphatic carbocycles. The second-order valence-electron chi connectivity index (χ2n) is 4.67. The molecule has 0 aromatic heterocycles. The van der Waals surface area contributed by atoms with E-state index in [9.17, 15) is 5.11 Å². The third kappa shape index (κ3) is 2.88. The van der Waals surface area contributed by atoms with Gasteiger partial charge >= 0.3 is 0 Å². The van der Waals surface area contributed by atoms with Crippen LogP contribution in [-0.4, -0.2) is 31.5 Å². The molecule has 0 amide bonds. The van der Waals surface area contributed by atoms with Gasteiger partial charge in [0.2, 0.25) is 0 Å². The number of benzene rings is 1. The minimum Gasteiger partial charge on any atom is -0.493 e. The highest BCUT2D eigenvalue weighted by atomic mass is 16.5. The van der Waals surface area contributed by atoms with E-state index in [0.29, 0.717) is 11.5 Å². The molecule has 0 radical (unpaired) electrons. The molecule has 0 heterocycles. The van der Waals surface area contributed by atoms with Gasteiger partial charge < -0.3 is 19.9 Å². The number of ether oxygens (including phenoxy) is 2. The van der Waals surface area contributed by atoms with Gasteiger partial charge in [-0.15, -0.1) is 0 Å². The number of anilines is 1. The Bertz CT molecular complexity index is 395. The van der Waals surface area contributed by atoms with Gasteiger partial charge in [-0.3, -0.25) is 0 Å². The number of aliphatic hydroxyl groups excluding tert-OH is 1. The third-order valence-corrected chi connectivity index (χ3v) is 3.47. The summed E-state index contributed by atoms with van der Waals surface area (Å²) in [5, 5.41) is 13.3. The normalized spacial score (nSPS) is 23.5. The fourth-order valence-corrected chi connectivity index (χ4v) is 2.42. The van der Waals surface area contributed by atoms with E-state index < -0.39 is 0 Å². The van der Waals surface area contributed by atoms with Gasteiger partial charge in [-0.25, -0.2) is 0 Å². The second-order valence-corrected chi connectivity index (χ2v) is 4.67.